The molecule has 94 valence electrons. The van der Waals surface area contributed by atoms with Gasteiger partial charge in [0.15, 0.2) is 9.84 Å². The third-order valence-electron chi connectivity index (χ3n) is 2.02. The maximum absolute atomic E-state index is 10.9. The summed E-state index contributed by atoms with van der Waals surface area (Å²) in [6, 6.07) is 7.26. The summed E-state index contributed by atoms with van der Waals surface area (Å²) in [4.78, 5) is 0.441. The van der Waals surface area contributed by atoms with E-state index in [1.165, 1.54) is 6.26 Å². The van der Waals surface area contributed by atoms with Crippen molar-refractivity contribution < 1.29 is 13.2 Å². The fourth-order valence-corrected chi connectivity index (χ4v) is 1.77. The van der Waals surface area contributed by atoms with Gasteiger partial charge in [0.2, 0.25) is 0 Å². The van der Waals surface area contributed by atoms with Crippen molar-refractivity contribution >= 4 is 27.0 Å². The largest absolute Gasteiger partial charge is 0.493 e. The highest BCUT2D eigenvalue weighted by atomic mass is 32.2. The molecule has 0 atom stereocenters. The van der Waals surface area contributed by atoms with E-state index in [-0.39, 0.29) is 12.4 Å². The van der Waals surface area contributed by atoms with Crippen LogP contribution >= 0.6 is 12.2 Å². The van der Waals surface area contributed by atoms with Gasteiger partial charge in [0.05, 0.1) is 10.7 Å². The van der Waals surface area contributed by atoms with Crippen molar-refractivity contribution in [1.82, 2.24) is 0 Å². The normalized spacial score (nSPS) is 11.1. The van der Waals surface area contributed by atoms with E-state index in [2.05, 4.69) is 0 Å². The quantitative estimate of drug-likeness (QED) is 0.781. The summed E-state index contributed by atoms with van der Waals surface area (Å²) in [6.07, 6.45) is 1.74. The van der Waals surface area contributed by atoms with E-state index in [0.717, 1.165) is 5.56 Å². The Hall–Kier alpha value is -1.14. The summed E-state index contributed by atoms with van der Waals surface area (Å²) in [5.74, 6) is 0.655. The zero-order valence-corrected chi connectivity index (χ0v) is 11.2. The van der Waals surface area contributed by atoms with Gasteiger partial charge in [-0.15, -0.1) is 0 Å². The first-order valence-electron chi connectivity index (χ1n) is 5.04. The van der Waals surface area contributed by atoms with Crippen molar-refractivity contribution in [3.63, 3.8) is 0 Å². The standard InChI is InChI=1S/C11H15NO3S2/c1-17(13,14)7-6-15-10-4-2-9(3-5-10)8-11(12)16/h2-5H,6-8H2,1H3,(H2,12,16). The summed E-state index contributed by atoms with van der Waals surface area (Å²) in [5.41, 5.74) is 6.43. The maximum atomic E-state index is 10.9. The summed E-state index contributed by atoms with van der Waals surface area (Å²) < 4.78 is 27.1. The fraction of sp³-hybridized carbons (Fsp3) is 0.364. The highest BCUT2D eigenvalue weighted by Crippen LogP contribution is 2.12. The van der Waals surface area contributed by atoms with Gasteiger partial charge in [-0.25, -0.2) is 8.42 Å². The Morgan fingerprint density at radius 3 is 2.41 bits per heavy atom. The third kappa shape index (κ3) is 6.23. The number of sulfone groups is 1. The van der Waals surface area contributed by atoms with E-state index in [1.54, 1.807) is 12.1 Å². The summed E-state index contributed by atoms with van der Waals surface area (Å²) in [6.45, 7) is 0.160. The minimum Gasteiger partial charge on any atom is -0.493 e. The topological polar surface area (TPSA) is 69.4 Å². The van der Waals surface area contributed by atoms with Gasteiger partial charge < -0.3 is 10.5 Å². The molecule has 0 unspecified atom stereocenters. The van der Waals surface area contributed by atoms with Crippen LogP contribution in [0.3, 0.4) is 0 Å². The molecule has 2 N–H and O–H groups in total. The van der Waals surface area contributed by atoms with Gasteiger partial charge in [-0.1, -0.05) is 24.4 Å². The van der Waals surface area contributed by atoms with Gasteiger partial charge in [0.25, 0.3) is 0 Å². The van der Waals surface area contributed by atoms with Crippen LogP contribution in [-0.2, 0) is 16.3 Å². The third-order valence-corrected chi connectivity index (χ3v) is 3.08. The first-order chi connectivity index (χ1) is 7.87. The Bertz CT molecular complexity index is 480. The Balaban J connectivity index is 2.48. The fourth-order valence-electron chi connectivity index (χ4n) is 1.22. The van der Waals surface area contributed by atoms with Crippen LogP contribution in [0.5, 0.6) is 5.75 Å². The summed E-state index contributed by atoms with van der Waals surface area (Å²) in [5, 5.41) is 0. The lowest BCUT2D eigenvalue weighted by Crippen LogP contribution is -2.12. The molecule has 1 rings (SSSR count). The lowest BCUT2D eigenvalue weighted by molar-refractivity contribution is 0.341. The molecule has 0 saturated heterocycles. The monoisotopic (exact) mass is 273 g/mol. The SMILES string of the molecule is CS(=O)(=O)CCOc1ccc(CC(N)=S)cc1. The van der Waals surface area contributed by atoms with Crippen LogP contribution < -0.4 is 10.5 Å². The van der Waals surface area contributed by atoms with E-state index >= 15 is 0 Å². The van der Waals surface area contributed by atoms with E-state index in [0.29, 0.717) is 17.2 Å². The molecule has 1 aromatic rings. The molecule has 0 fully saturated rings. The highest BCUT2D eigenvalue weighted by molar-refractivity contribution is 7.90. The second-order valence-electron chi connectivity index (χ2n) is 3.77. The first-order valence-corrected chi connectivity index (χ1v) is 7.51. The van der Waals surface area contributed by atoms with Gasteiger partial charge in [0.1, 0.15) is 12.4 Å². The maximum Gasteiger partial charge on any atom is 0.150 e. The van der Waals surface area contributed by atoms with Crippen molar-refractivity contribution in [2.45, 2.75) is 6.42 Å². The molecule has 0 aliphatic rings. The van der Waals surface area contributed by atoms with Crippen molar-refractivity contribution in [3.8, 4) is 5.75 Å². The highest BCUT2D eigenvalue weighted by Gasteiger charge is 2.02. The molecule has 0 amide bonds. The number of hydrogen-bond donors (Lipinski definition) is 1. The summed E-state index contributed by atoms with van der Waals surface area (Å²) in [7, 11) is -2.98. The average Bonchev–Trinajstić information content (AvgIpc) is 2.18. The molecule has 0 spiro atoms. The molecule has 0 aliphatic heterocycles. The average molecular weight is 273 g/mol. The van der Waals surface area contributed by atoms with Crippen molar-refractivity contribution in [1.29, 1.82) is 0 Å². The zero-order valence-electron chi connectivity index (χ0n) is 9.55. The molecule has 4 nitrogen and oxygen atoms in total. The Labute approximate surface area is 107 Å². The molecule has 6 heteroatoms. The molecule has 0 radical (unpaired) electrons. The molecule has 0 aliphatic carbocycles. The Morgan fingerprint density at radius 2 is 1.94 bits per heavy atom. The predicted molar refractivity (Wildman–Crippen MR) is 72.1 cm³/mol. The minimum absolute atomic E-state index is 0.0155. The van der Waals surface area contributed by atoms with Crippen LogP contribution in [0, 0.1) is 0 Å². The number of hydrogen-bond acceptors (Lipinski definition) is 4. The number of ether oxygens (including phenoxy) is 1. The molecule has 0 aromatic heterocycles. The zero-order chi connectivity index (χ0) is 12.9. The van der Waals surface area contributed by atoms with Crippen molar-refractivity contribution in [3.05, 3.63) is 29.8 Å². The predicted octanol–water partition coefficient (Wildman–Crippen LogP) is 0.939. The number of rotatable bonds is 6. The van der Waals surface area contributed by atoms with E-state index in [1.807, 2.05) is 12.1 Å². The lowest BCUT2D eigenvalue weighted by Gasteiger charge is -2.06. The first kappa shape index (κ1) is 13.9. The van der Waals surface area contributed by atoms with Crippen LogP contribution in [0.25, 0.3) is 0 Å². The van der Waals surface area contributed by atoms with Crippen molar-refractivity contribution in [2.75, 3.05) is 18.6 Å². The van der Waals surface area contributed by atoms with Crippen LogP contribution in [-0.4, -0.2) is 32.0 Å². The Morgan fingerprint density at radius 1 is 1.35 bits per heavy atom. The molecule has 0 bridgehead atoms. The minimum atomic E-state index is -2.98. The molecule has 0 heterocycles. The second kappa shape index (κ2) is 5.97. The number of nitrogens with two attached hydrogens (primary N) is 1. The second-order valence-corrected chi connectivity index (χ2v) is 6.55. The van der Waals surface area contributed by atoms with Crippen LogP contribution in [0.4, 0.5) is 0 Å². The van der Waals surface area contributed by atoms with Gasteiger partial charge in [-0.05, 0) is 17.7 Å². The molecule has 17 heavy (non-hydrogen) atoms. The molecule has 0 saturated carbocycles. The van der Waals surface area contributed by atoms with Gasteiger partial charge in [-0.2, -0.15) is 0 Å². The van der Waals surface area contributed by atoms with Crippen LogP contribution in [0.2, 0.25) is 0 Å². The van der Waals surface area contributed by atoms with E-state index < -0.39 is 9.84 Å². The Kier molecular flexibility index (Phi) is 4.89. The number of thiocarbonyl (C=S) groups is 1. The van der Waals surface area contributed by atoms with Gasteiger partial charge in [0, 0.05) is 12.7 Å². The van der Waals surface area contributed by atoms with Gasteiger partial charge >= 0.3 is 0 Å². The van der Waals surface area contributed by atoms with Crippen LogP contribution in [0.15, 0.2) is 24.3 Å². The van der Waals surface area contributed by atoms with Gasteiger partial charge in [-0.3, -0.25) is 0 Å². The molecular formula is C11H15NO3S2. The van der Waals surface area contributed by atoms with Crippen molar-refractivity contribution in [2.24, 2.45) is 5.73 Å². The summed E-state index contributed by atoms with van der Waals surface area (Å²) >= 11 is 4.80. The van der Waals surface area contributed by atoms with Crippen LogP contribution in [0.1, 0.15) is 5.56 Å². The molecular weight excluding hydrogens is 258 g/mol. The smallest absolute Gasteiger partial charge is 0.150 e. The lowest BCUT2D eigenvalue weighted by atomic mass is 10.1. The van der Waals surface area contributed by atoms with E-state index in [9.17, 15) is 8.42 Å². The molecule has 1 aromatic carbocycles. The number of benzene rings is 1. The van der Waals surface area contributed by atoms with E-state index in [4.69, 9.17) is 22.7 Å².